The van der Waals surface area contributed by atoms with Crippen LogP contribution in [0, 0.1) is 5.82 Å². The van der Waals surface area contributed by atoms with E-state index in [1.54, 1.807) is 6.92 Å². The zero-order valence-electron chi connectivity index (χ0n) is 16.1. The highest BCUT2D eigenvalue weighted by molar-refractivity contribution is 7.20. The second-order valence-corrected chi connectivity index (χ2v) is 8.20. The van der Waals surface area contributed by atoms with Crippen LogP contribution in [0.5, 0.6) is 0 Å². The molecule has 0 saturated carbocycles. The largest absolute Gasteiger partial charge is 0.330 e. The van der Waals surface area contributed by atoms with Gasteiger partial charge in [-0.2, -0.15) is 8.91 Å². The Balaban J connectivity index is 1.63. The van der Waals surface area contributed by atoms with Gasteiger partial charge in [0.25, 0.3) is 5.92 Å². The van der Waals surface area contributed by atoms with E-state index >= 15 is 0 Å². The van der Waals surface area contributed by atoms with Gasteiger partial charge in [0.2, 0.25) is 15.9 Å². The number of carbonyl (C=O) groups excluding carboxylic acids is 1. The Hall–Kier alpha value is -2.75. The van der Waals surface area contributed by atoms with Crippen LogP contribution in [0.3, 0.4) is 0 Å². The van der Waals surface area contributed by atoms with E-state index in [9.17, 15) is 22.8 Å². The summed E-state index contributed by atoms with van der Waals surface area (Å²) in [6.45, 7) is 0.970. The summed E-state index contributed by atoms with van der Waals surface area (Å²) < 4.78 is 43.3. The Morgan fingerprint density at radius 2 is 2.03 bits per heavy atom. The van der Waals surface area contributed by atoms with Gasteiger partial charge < -0.3 is 4.90 Å². The lowest BCUT2D eigenvalue weighted by Crippen LogP contribution is -2.36. The van der Waals surface area contributed by atoms with Crippen molar-refractivity contribution in [3.8, 4) is 0 Å². The molecule has 0 amide bonds. The highest BCUT2D eigenvalue weighted by Crippen LogP contribution is 2.38. The number of aryl methyl sites for hydroxylation is 2. The summed E-state index contributed by atoms with van der Waals surface area (Å²) in [5.41, 5.74) is -0.0323. The number of fused-ring (bicyclic) bond motifs is 1. The number of aromatic nitrogens is 3. The fourth-order valence-electron chi connectivity index (χ4n) is 3.59. The molecule has 1 atom stereocenters. The summed E-state index contributed by atoms with van der Waals surface area (Å²) >= 11 is 0.898. The highest BCUT2D eigenvalue weighted by atomic mass is 32.1. The summed E-state index contributed by atoms with van der Waals surface area (Å²) in [5.74, 6) is -4.39. The third-order valence-electron chi connectivity index (χ3n) is 5.14. The van der Waals surface area contributed by atoms with Gasteiger partial charge in [-0.3, -0.25) is 9.59 Å². The van der Waals surface area contributed by atoms with Crippen LogP contribution >= 0.6 is 11.3 Å². The fourth-order valence-corrected chi connectivity index (χ4v) is 4.55. The van der Waals surface area contributed by atoms with Gasteiger partial charge >= 0.3 is 5.56 Å². The molecule has 158 valence electrons. The first-order valence-corrected chi connectivity index (χ1v) is 10.4. The molecule has 30 heavy (non-hydrogen) atoms. The molecule has 1 aliphatic rings. The van der Waals surface area contributed by atoms with Crippen LogP contribution in [0.1, 0.15) is 31.0 Å². The average molecular weight is 436 g/mol. The molecule has 1 saturated heterocycles. The monoisotopic (exact) mass is 436 g/mol. The van der Waals surface area contributed by atoms with E-state index in [2.05, 4.69) is 10.1 Å². The zero-order valence-corrected chi connectivity index (χ0v) is 17.0. The first-order chi connectivity index (χ1) is 14.3. The number of anilines is 1. The van der Waals surface area contributed by atoms with Crippen LogP contribution in [0.2, 0.25) is 0 Å². The Kier molecular flexibility index (Phi) is 5.35. The second-order valence-electron chi connectivity index (χ2n) is 7.27. The van der Waals surface area contributed by atoms with Crippen LogP contribution in [0.15, 0.2) is 35.1 Å². The maximum Gasteiger partial charge on any atom is 0.311 e. The average Bonchev–Trinajstić information content (AvgIpc) is 3.30. The van der Waals surface area contributed by atoms with Crippen LogP contribution in [0.25, 0.3) is 4.96 Å². The summed E-state index contributed by atoms with van der Waals surface area (Å²) in [4.78, 5) is 30.4. The van der Waals surface area contributed by atoms with E-state index < -0.39 is 36.3 Å². The van der Waals surface area contributed by atoms with Crippen molar-refractivity contribution in [1.29, 1.82) is 0 Å². The van der Waals surface area contributed by atoms with Crippen molar-refractivity contribution in [3.63, 3.8) is 0 Å². The Bertz CT molecular complexity index is 1150. The van der Waals surface area contributed by atoms with Crippen molar-refractivity contribution in [3.05, 3.63) is 57.8 Å². The predicted octanol–water partition coefficient (Wildman–Crippen LogP) is 3.27. The number of hydrogen-bond donors (Lipinski definition) is 0. The number of alkyl halides is 2. The molecule has 3 heterocycles. The second kappa shape index (κ2) is 7.82. The van der Waals surface area contributed by atoms with E-state index in [-0.39, 0.29) is 34.4 Å². The minimum atomic E-state index is -3.07. The van der Waals surface area contributed by atoms with Crippen LogP contribution < -0.4 is 10.5 Å². The van der Waals surface area contributed by atoms with Crippen LogP contribution in [0.4, 0.5) is 18.3 Å². The van der Waals surface area contributed by atoms with Gasteiger partial charge in [-0.15, -0.1) is 5.10 Å². The number of benzene rings is 1. The van der Waals surface area contributed by atoms with E-state index in [1.165, 1.54) is 4.90 Å². The summed E-state index contributed by atoms with van der Waals surface area (Å²) in [6, 6.07) is 8.26. The number of halogens is 3. The molecule has 1 aromatic carbocycles. The normalized spacial score (nSPS) is 18.3. The number of hydrogen-bond acceptors (Lipinski definition) is 6. The fraction of sp³-hybridized carbons (Fsp3) is 0.400. The molecule has 3 aromatic rings. The number of ketones is 1. The molecule has 6 nitrogen and oxygen atoms in total. The minimum absolute atomic E-state index is 0.00237. The molecule has 1 aliphatic heterocycles. The first-order valence-electron chi connectivity index (χ1n) is 9.58. The number of nitrogens with zero attached hydrogens (tertiary/aromatic N) is 4. The van der Waals surface area contributed by atoms with Gasteiger partial charge in [0.15, 0.2) is 5.78 Å². The van der Waals surface area contributed by atoms with Crippen molar-refractivity contribution in [2.24, 2.45) is 0 Å². The Labute approximate surface area is 174 Å². The van der Waals surface area contributed by atoms with Gasteiger partial charge in [-0.1, -0.05) is 48.6 Å². The van der Waals surface area contributed by atoms with Crippen molar-refractivity contribution in [2.45, 2.75) is 44.6 Å². The molecule has 2 aromatic heterocycles. The summed E-state index contributed by atoms with van der Waals surface area (Å²) in [5, 5.41) is 4.07. The Morgan fingerprint density at radius 3 is 2.73 bits per heavy atom. The third-order valence-corrected chi connectivity index (χ3v) is 6.08. The molecular formula is C20H19F3N4O2S. The molecule has 0 bridgehead atoms. The van der Waals surface area contributed by atoms with Gasteiger partial charge in [0, 0.05) is 12.8 Å². The lowest BCUT2D eigenvalue weighted by atomic mass is 10.0. The molecule has 10 heteroatoms. The van der Waals surface area contributed by atoms with Gasteiger partial charge in [-0.05, 0) is 18.4 Å². The molecule has 4 rings (SSSR count). The molecule has 1 fully saturated rings. The molecule has 0 unspecified atom stereocenters. The lowest BCUT2D eigenvalue weighted by Gasteiger charge is -2.21. The number of carbonyl (C=O) groups is 1. The highest BCUT2D eigenvalue weighted by Gasteiger charge is 2.48. The Morgan fingerprint density at radius 1 is 1.30 bits per heavy atom. The van der Waals surface area contributed by atoms with Crippen molar-refractivity contribution in [1.82, 2.24) is 14.6 Å². The molecule has 0 aliphatic carbocycles. The first kappa shape index (κ1) is 20.5. The van der Waals surface area contributed by atoms with Crippen LogP contribution in [-0.2, 0) is 17.6 Å². The molecule has 0 spiro atoms. The predicted molar refractivity (Wildman–Crippen MR) is 107 cm³/mol. The van der Waals surface area contributed by atoms with Crippen LogP contribution in [-0.4, -0.2) is 38.9 Å². The van der Waals surface area contributed by atoms with Crippen molar-refractivity contribution in [2.75, 3.05) is 11.4 Å². The maximum absolute atomic E-state index is 14.2. The zero-order chi connectivity index (χ0) is 21.5. The number of rotatable bonds is 6. The quantitative estimate of drug-likeness (QED) is 0.593. The topological polar surface area (TPSA) is 67.6 Å². The van der Waals surface area contributed by atoms with E-state index in [0.717, 1.165) is 21.4 Å². The van der Waals surface area contributed by atoms with E-state index in [4.69, 9.17) is 0 Å². The van der Waals surface area contributed by atoms with Gasteiger partial charge in [0.05, 0.1) is 18.3 Å². The lowest BCUT2D eigenvalue weighted by molar-refractivity contribution is -0.120. The van der Waals surface area contributed by atoms with Crippen molar-refractivity contribution < 1.29 is 18.0 Å². The van der Waals surface area contributed by atoms with E-state index in [1.807, 2.05) is 30.3 Å². The summed E-state index contributed by atoms with van der Waals surface area (Å²) in [6.07, 6.45) is 0.154. The van der Waals surface area contributed by atoms with Gasteiger partial charge in [-0.25, -0.2) is 13.8 Å². The van der Waals surface area contributed by atoms with Gasteiger partial charge in [0.1, 0.15) is 0 Å². The molecule has 0 N–H and O–H groups in total. The SMILES string of the molecule is CCc1nc2sc(N3CC(F)(F)C[C@@H]3C(=O)CCc3ccccc3)nn2c(=O)c1F. The molecular weight excluding hydrogens is 417 g/mol. The standard InChI is InChI=1S/C20H19F3N4O2S/c1-2-13-16(21)17(29)27-18(24-13)30-19(25-27)26-11-20(22,23)10-14(26)15(28)9-8-12-6-4-3-5-7-12/h3-7,14H,2,8-11H2,1H3/t14-/m1/s1. The minimum Gasteiger partial charge on any atom is -0.330 e. The third kappa shape index (κ3) is 3.83. The maximum atomic E-state index is 14.2. The molecule has 0 radical (unpaired) electrons. The van der Waals surface area contributed by atoms with Crippen molar-refractivity contribution >= 4 is 27.2 Å². The summed E-state index contributed by atoms with van der Waals surface area (Å²) in [7, 11) is 0. The smallest absolute Gasteiger partial charge is 0.311 e. The van der Waals surface area contributed by atoms with E-state index in [0.29, 0.717) is 6.42 Å². The number of Topliss-reactive ketones (excluding diaryl/α,β-unsaturated/α-hetero) is 1.